The Balaban J connectivity index is 3.74. The number of rotatable bonds is 2. The average Bonchev–Trinajstić information content (AvgIpc) is 1.64. The maximum atomic E-state index is 11.2. The molecule has 0 rings (SSSR count). The molecule has 0 heterocycles. The van der Waals surface area contributed by atoms with Crippen LogP contribution in [0.1, 0.15) is 6.42 Å². The number of alkyl halides is 3. The second-order valence-electron chi connectivity index (χ2n) is 1.39. The predicted octanol–water partition coefficient (Wildman–Crippen LogP) is 0.500. The molecule has 1 N–H and O–H groups in total. The van der Waals surface area contributed by atoms with Gasteiger partial charge < -0.3 is 5.11 Å². The van der Waals surface area contributed by atoms with E-state index in [0.717, 1.165) is 0 Å². The van der Waals surface area contributed by atoms with Crippen LogP contribution in [0.15, 0.2) is 0 Å². The molecule has 0 saturated heterocycles. The van der Waals surface area contributed by atoms with Gasteiger partial charge in [-0.15, -0.1) is 0 Å². The van der Waals surface area contributed by atoms with E-state index in [9.17, 15) is 18.0 Å². The number of hydrogen-bond donors (Lipinski definition) is 1. The molecule has 0 unspecified atom stereocenters. The minimum atomic E-state index is -4.79. The summed E-state index contributed by atoms with van der Waals surface area (Å²) in [5.41, 5.74) is 0. The van der Waals surface area contributed by atoms with E-state index < -0.39 is 25.0 Å². The monoisotopic (exact) mass is 142 g/mol. The van der Waals surface area contributed by atoms with E-state index in [0.29, 0.717) is 0 Å². The van der Waals surface area contributed by atoms with Crippen molar-refractivity contribution in [3.8, 4) is 0 Å². The zero-order valence-electron chi connectivity index (χ0n) is 4.40. The highest BCUT2D eigenvalue weighted by atomic mass is 19.4. The van der Waals surface area contributed by atoms with Crippen LogP contribution in [0.4, 0.5) is 13.2 Å². The van der Waals surface area contributed by atoms with Crippen molar-refractivity contribution in [2.24, 2.45) is 0 Å². The first kappa shape index (κ1) is 8.42. The van der Waals surface area contributed by atoms with E-state index in [1.807, 2.05) is 0 Å². The molecule has 0 aliphatic carbocycles. The van der Waals surface area contributed by atoms with Crippen molar-refractivity contribution >= 4 is 5.78 Å². The first-order valence-electron chi connectivity index (χ1n) is 2.19. The minimum absolute atomic E-state index is 0.752. The van der Waals surface area contributed by atoms with Crippen LogP contribution in [0.2, 0.25) is 0 Å². The van der Waals surface area contributed by atoms with Crippen LogP contribution in [0.3, 0.4) is 0 Å². The van der Waals surface area contributed by atoms with Crippen LogP contribution in [-0.2, 0) is 4.79 Å². The SMILES string of the molecule is O=C(CCO)C(F)(F)F. The smallest absolute Gasteiger partial charge is 0.396 e. The molecular weight excluding hydrogens is 137 g/mol. The molecule has 0 aromatic rings. The third-order valence-electron chi connectivity index (χ3n) is 0.655. The first-order valence-corrected chi connectivity index (χ1v) is 2.19. The zero-order valence-corrected chi connectivity index (χ0v) is 4.40. The highest BCUT2D eigenvalue weighted by Crippen LogP contribution is 2.16. The lowest BCUT2D eigenvalue weighted by Crippen LogP contribution is -2.23. The number of carbonyl (C=O) groups excluding carboxylic acids is 1. The molecular formula is C4H5F3O2. The third-order valence-corrected chi connectivity index (χ3v) is 0.655. The Morgan fingerprint density at radius 2 is 1.89 bits per heavy atom. The van der Waals surface area contributed by atoms with Gasteiger partial charge in [0.05, 0.1) is 6.61 Å². The Bertz CT molecular complexity index is 107. The predicted molar refractivity (Wildman–Crippen MR) is 22.8 cm³/mol. The summed E-state index contributed by atoms with van der Waals surface area (Å²) < 4.78 is 33.5. The summed E-state index contributed by atoms with van der Waals surface area (Å²) in [4.78, 5) is 9.78. The summed E-state index contributed by atoms with van der Waals surface area (Å²) in [6.07, 6.45) is -5.63. The Labute approximate surface area is 49.3 Å². The molecule has 54 valence electrons. The number of halogens is 3. The van der Waals surface area contributed by atoms with Crippen LogP contribution in [-0.4, -0.2) is 23.7 Å². The molecule has 0 fully saturated rings. The fourth-order valence-electron chi connectivity index (χ4n) is 0.243. The second-order valence-corrected chi connectivity index (χ2v) is 1.39. The van der Waals surface area contributed by atoms with E-state index in [-0.39, 0.29) is 0 Å². The normalized spacial score (nSPS) is 11.6. The van der Waals surface area contributed by atoms with Gasteiger partial charge in [-0.3, -0.25) is 4.79 Å². The van der Waals surface area contributed by atoms with E-state index in [2.05, 4.69) is 0 Å². The highest BCUT2D eigenvalue weighted by molar-refractivity contribution is 5.83. The fraction of sp³-hybridized carbons (Fsp3) is 0.750. The lowest BCUT2D eigenvalue weighted by molar-refractivity contribution is -0.171. The molecule has 0 bridgehead atoms. The number of carbonyl (C=O) groups is 1. The van der Waals surface area contributed by atoms with E-state index >= 15 is 0 Å². The average molecular weight is 142 g/mol. The molecule has 0 atom stereocenters. The molecule has 2 nitrogen and oxygen atoms in total. The van der Waals surface area contributed by atoms with Gasteiger partial charge in [0.2, 0.25) is 5.78 Å². The van der Waals surface area contributed by atoms with Crippen molar-refractivity contribution in [3.05, 3.63) is 0 Å². The number of hydrogen-bond acceptors (Lipinski definition) is 2. The number of ketones is 1. The van der Waals surface area contributed by atoms with Gasteiger partial charge in [0, 0.05) is 6.42 Å². The summed E-state index contributed by atoms with van der Waals surface area (Å²) in [5, 5.41) is 7.88. The Kier molecular flexibility index (Phi) is 2.64. The quantitative estimate of drug-likeness (QED) is 0.609. The fourth-order valence-corrected chi connectivity index (χ4v) is 0.243. The van der Waals surface area contributed by atoms with Crippen LogP contribution in [0.5, 0.6) is 0 Å². The molecule has 0 amide bonds. The molecule has 0 radical (unpaired) electrons. The molecule has 0 aromatic carbocycles. The standard InChI is InChI=1S/C4H5F3O2/c5-4(6,7)3(9)1-2-8/h8H,1-2H2. The van der Waals surface area contributed by atoms with E-state index in [1.54, 1.807) is 0 Å². The van der Waals surface area contributed by atoms with E-state index in [1.165, 1.54) is 0 Å². The molecule has 9 heavy (non-hydrogen) atoms. The number of aliphatic hydroxyl groups is 1. The van der Waals surface area contributed by atoms with Crippen molar-refractivity contribution in [2.45, 2.75) is 12.6 Å². The first-order chi connectivity index (χ1) is 3.98. The Hall–Kier alpha value is -0.580. The summed E-state index contributed by atoms with van der Waals surface area (Å²) >= 11 is 0. The van der Waals surface area contributed by atoms with Crippen LogP contribution < -0.4 is 0 Å². The maximum absolute atomic E-state index is 11.2. The van der Waals surface area contributed by atoms with E-state index in [4.69, 9.17) is 5.11 Å². The highest BCUT2D eigenvalue weighted by Gasteiger charge is 2.36. The Morgan fingerprint density at radius 1 is 1.44 bits per heavy atom. The van der Waals surface area contributed by atoms with Crippen LogP contribution in [0.25, 0.3) is 0 Å². The maximum Gasteiger partial charge on any atom is 0.450 e. The molecule has 0 saturated carbocycles. The summed E-state index contributed by atoms with van der Waals surface area (Å²) in [6.45, 7) is -0.752. The van der Waals surface area contributed by atoms with Gasteiger partial charge in [-0.25, -0.2) is 0 Å². The minimum Gasteiger partial charge on any atom is -0.396 e. The van der Waals surface area contributed by atoms with Gasteiger partial charge in [-0.1, -0.05) is 0 Å². The lowest BCUT2D eigenvalue weighted by Gasteiger charge is -2.00. The van der Waals surface area contributed by atoms with Crippen molar-refractivity contribution < 1.29 is 23.1 Å². The van der Waals surface area contributed by atoms with Gasteiger partial charge in [0.15, 0.2) is 0 Å². The molecule has 0 spiro atoms. The third kappa shape index (κ3) is 3.07. The lowest BCUT2D eigenvalue weighted by atomic mass is 10.3. The molecule has 0 aliphatic heterocycles. The van der Waals surface area contributed by atoms with Crippen molar-refractivity contribution in [2.75, 3.05) is 6.61 Å². The topological polar surface area (TPSA) is 37.3 Å². The summed E-state index contributed by atoms with van der Waals surface area (Å²) in [6, 6.07) is 0. The molecule has 5 heteroatoms. The van der Waals surface area contributed by atoms with Crippen molar-refractivity contribution in [1.29, 1.82) is 0 Å². The number of aliphatic hydroxyl groups excluding tert-OH is 1. The van der Waals surface area contributed by atoms with Gasteiger partial charge >= 0.3 is 6.18 Å². The number of Topliss-reactive ketones (excluding diaryl/α,β-unsaturated/α-hetero) is 1. The molecule has 0 aromatic heterocycles. The largest absolute Gasteiger partial charge is 0.450 e. The van der Waals surface area contributed by atoms with Crippen LogP contribution in [0, 0.1) is 0 Å². The van der Waals surface area contributed by atoms with Gasteiger partial charge in [-0.05, 0) is 0 Å². The van der Waals surface area contributed by atoms with Gasteiger partial charge in [0.25, 0.3) is 0 Å². The van der Waals surface area contributed by atoms with Crippen LogP contribution >= 0.6 is 0 Å². The van der Waals surface area contributed by atoms with Gasteiger partial charge in [-0.2, -0.15) is 13.2 Å². The Morgan fingerprint density at radius 3 is 2.00 bits per heavy atom. The summed E-state index contributed by atoms with van der Waals surface area (Å²) in [7, 11) is 0. The zero-order chi connectivity index (χ0) is 7.49. The summed E-state index contributed by atoms with van der Waals surface area (Å²) in [5.74, 6) is -1.88. The second kappa shape index (κ2) is 2.82. The van der Waals surface area contributed by atoms with Crippen molar-refractivity contribution in [1.82, 2.24) is 0 Å². The van der Waals surface area contributed by atoms with Crippen molar-refractivity contribution in [3.63, 3.8) is 0 Å². The molecule has 0 aliphatic rings. The van der Waals surface area contributed by atoms with Gasteiger partial charge in [0.1, 0.15) is 0 Å².